The lowest BCUT2D eigenvalue weighted by molar-refractivity contribution is 0.523. The molecule has 0 aromatic heterocycles. The molecule has 1 aliphatic rings. The predicted molar refractivity (Wildman–Crippen MR) is 56.8 cm³/mol. The SMILES string of the molecule is C[Si](C)(C)CN1CCCC1=S. The molecule has 1 saturated heterocycles. The van der Waals surface area contributed by atoms with Gasteiger partial charge in [-0.2, -0.15) is 0 Å². The first kappa shape index (κ1) is 9.20. The van der Waals surface area contributed by atoms with Crippen LogP contribution in [0.25, 0.3) is 0 Å². The van der Waals surface area contributed by atoms with E-state index in [1.54, 1.807) is 0 Å². The average Bonchev–Trinajstić information content (AvgIpc) is 2.12. The second kappa shape index (κ2) is 3.23. The Morgan fingerprint density at radius 2 is 2.09 bits per heavy atom. The van der Waals surface area contributed by atoms with Crippen LogP contribution in [-0.2, 0) is 0 Å². The van der Waals surface area contributed by atoms with Gasteiger partial charge < -0.3 is 4.90 Å². The van der Waals surface area contributed by atoms with E-state index in [0.29, 0.717) is 0 Å². The molecule has 1 aliphatic heterocycles. The van der Waals surface area contributed by atoms with Crippen LogP contribution in [0.2, 0.25) is 19.6 Å². The van der Waals surface area contributed by atoms with Crippen LogP contribution in [0.15, 0.2) is 0 Å². The zero-order valence-electron chi connectivity index (χ0n) is 7.68. The van der Waals surface area contributed by atoms with E-state index in [4.69, 9.17) is 12.2 Å². The van der Waals surface area contributed by atoms with Gasteiger partial charge in [0.15, 0.2) is 0 Å². The molecule has 1 heterocycles. The minimum absolute atomic E-state index is 0.926. The summed E-state index contributed by atoms with van der Waals surface area (Å²) in [6.07, 6.45) is 3.69. The molecule has 0 unspecified atom stereocenters. The number of hydrogen-bond acceptors (Lipinski definition) is 1. The maximum Gasteiger partial charge on any atom is 0.0777 e. The minimum Gasteiger partial charge on any atom is -0.369 e. The van der Waals surface area contributed by atoms with Crippen molar-refractivity contribution in [2.24, 2.45) is 0 Å². The normalized spacial score (nSPS) is 19.5. The predicted octanol–water partition coefficient (Wildman–Crippen LogP) is 2.29. The fourth-order valence-corrected chi connectivity index (χ4v) is 3.35. The first-order valence-corrected chi connectivity index (χ1v) is 8.38. The molecule has 0 spiro atoms. The number of hydrogen-bond donors (Lipinski definition) is 0. The third kappa shape index (κ3) is 2.91. The van der Waals surface area contributed by atoms with Crippen molar-refractivity contribution in [3.63, 3.8) is 0 Å². The Balaban J connectivity index is 2.43. The van der Waals surface area contributed by atoms with Crippen LogP contribution in [0.1, 0.15) is 12.8 Å². The molecule has 0 saturated carbocycles. The summed E-state index contributed by atoms with van der Waals surface area (Å²) >= 11 is 5.26. The summed E-state index contributed by atoms with van der Waals surface area (Å²) in [4.78, 5) is 3.61. The van der Waals surface area contributed by atoms with Gasteiger partial charge in [0.1, 0.15) is 0 Å². The van der Waals surface area contributed by atoms with E-state index in [9.17, 15) is 0 Å². The molecule has 1 rings (SSSR count). The van der Waals surface area contributed by atoms with Crippen molar-refractivity contribution in [1.82, 2.24) is 4.90 Å². The van der Waals surface area contributed by atoms with Crippen molar-refractivity contribution >= 4 is 25.3 Å². The van der Waals surface area contributed by atoms with Gasteiger partial charge in [0.2, 0.25) is 0 Å². The van der Waals surface area contributed by atoms with Gasteiger partial charge in [-0.1, -0.05) is 31.9 Å². The number of thiocarbonyl (C=S) groups is 1. The van der Waals surface area contributed by atoms with Crippen molar-refractivity contribution in [3.8, 4) is 0 Å². The van der Waals surface area contributed by atoms with E-state index in [0.717, 1.165) is 6.42 Å². The first-order valence-electron chi connectivity index (χ1n) is 4.27. The molecule has 3 heteroatoms. The monoisotopic (exact) mass is 187 g/mol. The molecular weight excluding hydrogens is 170 g/mol. The van der Waals surface area contributed by atoms with E-state index in [1.807, 2.05) is 0 Å². The second-order valence-corrected chi connectivity index (χ2v) is 10.4. The lowest BCUT2D eigenvalue weighted by atomic mass is 10.4. The molecule has 0 aliphatic carbocycles. The largest absolute Gasteiger partial charge is 0.369 e. The van der Waals surface area contributed by atoms with Crippen LogP contribution in [0, 0.1) is 0 Å². The molecule has 0 amide bonds. The van der Waals surface area contributed by atoms with E-state index in [-0.39, 0.29) is 0 Å². The van der Waals surface area contributed by atoms with Crippen molar-refractivity contribution in [2.75, 3.05) is 12.7 Å². The van der Waals surface area contributed by atoms with Crippen molar-refractivity contribution in [3.05, 3.63) is 0 Å². The Kier molecular flexibility index (Phi) is 2.70. The van der Waals surface area contributed by atoms with Gasteiger partial charge in [-0.25, -0.2) is 0 Å². The highest BCUT2D eigenvalue weighted by atomic mass is 32.1. The maximum atomic E-state index is 5.26. The van der Waals surface area contributed by atoms with Gasteiger partial charge in [0.05, 0.1) is 13.1 Å². The van der Waals surface area contributed by atoms with Crippen LogP contribution < -0.4 is 0 Å². The summed E-state index contributed by atoms with van der Waals surface area (Å²) in [5.74, 6) is 0. The van der Waals surface area contributed by atoms with Crippen molar-refractivity contribution in [2.45, 2.75) is 32.5 Å². The third-order valence-corrected chi connectivity index (χ3v) is 3.63. The summed E-state index contributed by atoms with van der Waals surface area (Å²) in [6, 6.07) is 0. The molecule has 0 N–H and O–H groups in total. The zero-order chi connectivity index (χ0) is 8.48. The minimum atomic E-state index is -0.926. The van der Waals surface area contributed by atoms with Crippen LogP contribution >= 0.6 is 12.2 Å². The Bertz CT molecular complexity index is 162. The van der Waals surface area contributed by atoms with Crippen LogP contribution in [0.4, 0.5) is 0 Å². The lowest BCUT2D eigenvalue weighted by Gasteiger charge is -2.26. The summed E-state index contributed by atoms with van der Waals surface area (Å²) in [5, 5.41) is 0. The summed E-state index contributed by atoms with van der Waals surface area (Å²) < 4.78 is 0. The van der Waals surface area contributed by atoms with Crippen LogP contribution in [0.3, 0.4) is 0 Å². The van der Waals surface area contributed by atoms with Gasteiger partial charge >= 0.3 is 0 Å². The van der Waals surface area contributed by atoms with E-state index in [2.05, 4.69) is 24.5 Å². The maximum absolute atomic E-state index is 5.26. The molecule has 0 atom stereocenters. The summed E-state index contributed by atoms with van der Waals surface area (Å²) in [5.41, 5.74) is 0. The highest BCUT2D eigenvalue weighted by Gasteiger charge is 2.23. The second-order valence-electron chi connectivity index (χ2n) is 4.48. The molecule has 0 radical (unpaired) electrons. The fourth-order valence-electron chi connectivity index (χ4n) is 1.44. The Labute approximate surface area is 75.8 Å². The highest BCUT2D eigenvalue weighted by molar-refractivity contribution is 7.80. The highest BCUT2D eigenvalue weighted by Crippen LogP contribution is 2.14. The fraction of sp³-hybridized carbons (Fsp3) is 0.875. The van der Waals surface area contributed by atoms with Gasteiger partial charge in [0, 0.05) is 12.7 Å². The van der Waals surface area contributed by atoms with Crippen LogP contribution in [-0.4, -0.2) is 30.7 Å². The average molecular weight is 187 g/mol. The number of nitrogens with zero attached hydrogens (tertiary/aromatic N) is 1. The van der Waals surface area contributed by atoms with Gasteiger partial charge in [-0.05, 0) is 12.8 Å². The van der Waals surface area contributed by atoms with Crippen LogP contribution in [0.5, 0.6) is 0 Å². The number of rotatable bonds is 2. The first-order chi connectivity index (χ1) is 4.99. The third-order valence-electron chi connectivity index (χ3n) is 1.84. The molecule has 0 aromatic rings. The molecule has 64 valence electrons. The van der Waals surface area contributed by atoms with Gasteiger partial charge in [-0.3, -0.25) is 0 Å². The summed E-state index contributed by atoms with van der Waals surface area (Å²) in [6.45, 7) is 8.40. The molecule has 0 bridgehead atoms. The standard InChI is InChI=1S/C8H17NSSi/c1-11(2,3)7-9-6-4-5-8(9)10/h4-7H2,1-3H3. The summed E-state index contributed by atoms with van der Waals surface area (Å²) in [7, 11) is -0.926. The Morgan fingerprint density at radius 3 is 2.45 bits per heavy atom. The molecule has 0 aromatic carbocycles. The lowest BCUT2D eigenvalue weighted by Crippen LogP contribution is -2.40. The van der Waals surface area contributed by atoms with Crippen molar-refractivity contribution < 1.29 is 0 Å². The smallest absolute Gasteiger partial charge is 0.0777 e. The molecule has 1 nitrogen and oxygen atoms in total. The zero-order valence-corrected chi connectivity index (χ0v) is 9.50. The molecular formula is C8H17NSSi. The van der Waals surface area contributed by atoms with Gasteiger partial charge in [-0.15, -0.1) is 0 Å². The van der Waals surface area contributed by atoms with E-state index < -0.39 is 8.07 Å². The molecule has 1 fully saturated rings. The quantitative estimate of drug-likeness (QED) is 0.482. The van der Waals surface area contributed by atoms with Crippen molar-refractivity contribution in [1.29, 1.82) is 0 Å². The van der Waals surface area contributed by atoms with E-state index >= 15 is 0 Å². The Morgan fingerprint density at radius 1 is 1.45 bits per heavy atom. The topological polar surface area (TPSA) is 3.24 Å². The number of likely N-dealkylation sites (tertiary alicyclic amines) is 1. The van der Waals surface area contributed by atoms with Gasteiger partial charge in [0.25, 0.3) is 0 Å². The Hall–Kier alpha value is 0.107. The molecule has 11 heavy (non-hydrogen) atoms. The van der Waals surface area contributed by atoms with E-state index in [1.165, 1.54) is 24.1 Å².